The SMILES string of the molecule is Cc1cncc(CN[C@H](C)c2cccnc2)c1. The second kappa shape index (κ2) is 5.55. The molecule has 2 rings (SSSR count). The van der Waals surface area contributed by atoms with E-state index in [0.29, 0.717) is 6.04 Å². The van der Waals surface area contributed by atoms with Crippen LogP contribution in [0, 0.1) is 6.92 Å². The first-order valence-corrected chi connectivity index (χ1v) is 5.79. The van der Waals surface area contributed by atoms with Crippen molar-refractivity contribution in [3.05, 3.63) is 59.7 Å². The largest absolute Gasteiger partial charge is 0.306 e. The van der Waals surface area contributed by atoms with Crippen LogP contribution >= 0.6 is 0 Å². The van der Waals surface area contributed by atoms with Crippen molar-refractivity contribution in [2.45, 2.75) is 26.4 Å². The van der Waals surface area contributed by atoms with Crippen LogP contribution in [0.25, 0.3) is 0 Å². The van der Waals surface area contributed by atoms with Gasteiger partial charge in [-0.15, -0.1) is 0 Å². The minimum absolute atomic E-state index is 0.296. The van der Waals surface area contributed by atoms with Crippen molar-refractivity contribution in [1.82, 2.24) is 15.3 Å². The molecular formula is C14H17N3. The van der Waals surface area contributed by atoms with Crippen LogP contribution < -0.4 is 5.32 Å². The van der Waals surface area contributed by atoms with E-state index >= 15 is 0 Å². The van der Waals surface area contributed by atoms with Crippen molar-refractivity contribution in [3.63, 3.8) is 0 Å². The summed E-state index contributed by atoms with van der Waals surface area (Å²) in [7, 11) is 0. The number of nitrogens with one attached hydrogen (secondary N) is 1. The predicted molar refractivity (Wildman–Crippen MR) is 68.5 cm³/mol. The third-order valence-corrected chi connectivity index (χ3v) is 2.73. The number of hydrogen-bond donors (Lipinski definition) is 1. The van der Waals surface area contributed by atoms with Gasteiger partial charge in [0.1, 0.15) is 0 Å². The van der Waals surface area contributed by atoms with Crippen LogP contribution in [-0.2, 0) is 6.54 Å². The van der Waals surface area contributed by atoms with Crippen LogP contribution in [0.5, 0.6) is 0 Å². The molecule has 0 aliphatic carbocycles. The van der Waals surface area contributed by atoms with Gasteiger partial charge in [0, 0.05) is 37.4 Å². The molecule has 1 N–H and O–H groups in total. The second-order valence-corrected chi connectivity index (χ2v) is 4.26. The highest BCUT2D eigenvalue weighted by atomic mass is 14.9. The summed E-state index contributed by atoms with van der Waals surface area (Å²) in [5, 5.41) is 3.46. The Morgan fingerprint density at radius 3 is 2.82 bits per heavy atom. The summed E-state index contributed by atoms with van der Waals surface area (Å²) in [4.78, 5) is 8.31. The monoisotopic (exact) mass is 227 g/mol. The van der Waals surface area contributed by atoms with E-state index in [1.807, 2.05) is 24.7 Å². The fraction of sp³-hybridized carbons (Fsp3) is 0.286. The predicted octanol–water partition coefficient (Wildman–Crippen LogP) is 2.64. The molecule has 88 valence electrons. The van der Waals surface area contributed by atoms with Gasteiger partial charge in [-0.05, 0) is 36.6 Å². The maximum atomic E-state index is 4.18. The van der Waals surface area contributed by atoms with Crippen molar-refractivity contribution in [2.75, 3.05) is 0 Å². The molecule has 0 aromatic carbocycles. The fourth-order valence-corrected chi connectivity index (χ4v) is 1.74. The molecule has 0 unspecified atom stereocenters. The molecule has 17 heavy (non-hydrogen) atoms. The molecule has 0 bridgehead atoms. The van der Waals surface area contributed by atoms with Crippen LogP contribution in [0.3, 0.4) is 0 Å². The summed E-state index contributed by atoms with van der Waals surface area (Å²) in [6.07, 6.45) is 7.46. The Bertz CT molecular complexity index is 468. The Labute approximate surface area is 102 Å². The van der Waals surface area contributed by atoms with Gasteiger partial charge in [0.25, 0.3) is 0 Å². The minimum atomic E-state index is 0.296. The van der Waals surface area contributed by atoms with E-state index in [2.05, 4.69) is 41.3 Å². The lowest BCUT2D eigenvalue weighted by atomic mass is 10.1. The van der Waals surface area contributed by atoms with Crippen LogP contribution in [0.1, 0.15) is 29.7 Å². The van der Waals surface area contributed by atoms with Gasteiger partial charge in [0.15, 0.2) is 0 Å². The molecule has 0 radical (unpaired) electrons. The van der Waals surface area contributed by atoms with Crippen LogP contribution in [0.2, 0.25) is 0 Å². The highest BCUT2D eigenvalue weighted by Crippen LogP contribution is 2.11. The van der Waals surface area contributed by atoms with Gasteiger partial charge in [-0.3, -0.25) is 9.97 Å². The van der Waals surface area contributed by atoms with Crippen molar-refractivity contribution in [1.29, 1.82) is 0 Å². The smallest absolute Gasteiger partial charge is 0.0315 e. The maximum Gasteiger partial charge on any atom is 0.0315 e. The Hall–Kier alpha value is -1.74. The summed E-state index contributed by atoms with van der Waals surface area (Å²) in [6, 6.07) is 6.49. The minimum Gasteiger partial charge on any atom is -0.306 e. The lowest BCUT2D eigenvalue weighted by molar-refractivity contribution is 0.572. The quantitative estimate of drug-likeness (QED) is 0.872. The van der Waals surface area contributed by atoms with Gasteiger partial charge < -0.3 is 5.32 Å². The van der Waals surface area contributed by atoms with E-state index < -0.39 is 0 Å². The number of rotatable bonds is 4. The zero-order valence-electron chi connectivity index (χ0n) is 10.2. The lowest BCUT2D eigenvalue weighted by Gasteiger charge is -2.13. The topological polar surface area (TPSA) is 37.8 Å². The van der Waals surface area contributed by atoms with Gasteiger partial charge in [-0.25, -0.2) is 0 Å². The highest BCUT2D eigenvalue weighted by molar-refractivity contribution is 5.17. The molecule has 2 aromatic rings. The standard InChI is InChI=1S/C14H17N3/c1-11-6-13(8-16-7-11)9-17-12(2)14-4-3-5-15-10-14/h3-8,10,12,17H,9H2,1-2H3/t12-/m1/s1. The summed E-state index contributed by atoms with van der Waals surface area (Å²) in [6.45, 7) is 5.02. The van der Waals surface area contributed by atoms with Crippen molar-refractivity contribution >= 4 is 0 Å². The van der Waals surface area contributed by atoms with Gasteiger partial charge >= 0.3 is 0 Å². The zero-order valence-corrected chi connectivity index (χ0v) is 10.2. The van der Waals surface area contributed by atoms with Crippen molar-refractivity contribution in [2.24, 2.45) is 0 Å². The Morgan fingerprint density at radius 2 is 2.12 bits per heavy atom. The summed E-state index contributed by atoms with van der Waals surface area (Å²) < 4.78 is 0. The number of hydrogen-bond acceptors (Lipinski definition) is 3. The first kappa shape index (κ1) is 11.7. The molecule has 0 aliphatic rings. The molecule has 3 nitrogen and oxygen atoms in total. The number of nitrogens with zero attached hydrogens (tertiary/aromatic N) is 2. The second-order valence-electron chi connectivity index (χ2n) is 4.26. The van der Waals surface area contributed by atoms with Gasteiger partial charge in [-0.2, -0.15) is 0 Å². The summed E-state index contributed by atoms with van der Waals surface area (Å²) in [5.74, 6) is 0. The van der Waals surface area contributed by atoms with E-state index in [0.717, 1.165) is 6.54 Å². The number of pyridine rings is 2. The van der Waals surface area contributed by atoms with E-state index in [1.54, 1.807) is 6.20 Å². The van der Waals surface area contributed by atoms with Crippen molar-refractivity contribution < 1.29 is 0 Å². The van der Waals surface area contributed by atoms with E-state index in [-0.39, 0.29) is 0 Å². The molecule has 2 aromatic heterocycles. The van der Waals surface area contributed by atoms with Gasteiger partial charge in [0.2, 0.25) is 0 Å². The molecule has 0 amide bonds. The first-order valence-electron chi connectivity index (χ1n) is 5.79. The Kier molecular flexibility index (Phi) is 3.83. The molecule has 3 heteroatoms. The molecule has 0 aliphatic heterocycles. The molecule has 0 saturated heterocycles. The van der Waals surface area contributed by atoms with Crippen LogP contribution in [0.4, 0.5) is 0 Å². The normalized spacial score (nSPS) is 12.4. The average Bonchev–Trinajstić information content (AvgIpc) is 2.37. The maximum absolute atomic E-state index is 4.18. The number of aromatic nitrogens is 2. The molecule has 0 fully saturated rings. The summed E-state index contributed by atoms with van der Waals surface area (Å²) >= 11 is 0. The first-order chi connectivity index (χ1) is 8.25. The molecule has 2 heterocycles. The highest BCUT2D eigenvalue weighted by Gasteiger charge is 2.04. The van der Waals surface area contributed by atoms with E-state index in [4.69, 9.17) is 0 Å². The molecule has 0 saturated carbocycles. The molecule has 0 spiro atoms. The molecule has 1 atom stereocenters. The number of aryl methyl sites for hydroxylation is 1. The molecular weight excluding hydrogens is 210 g/mol. The Morgan fingerprint density at radius 1 is 1.24 bits per heavy atom. The average molecular weight is 227 g/mol. The summed E-state index contributed by atoms with van der Waals surface area (Å²) in [5.41, 5.74) is 3.60. The third kappa shape index (κ3) is 3.36. The Balaban J connectivity index is 1.95. The van der Waals surface area contributed by atoms with Gasteiger partial charge in [-0.1, -0.05) is 12.1 Å². The zero-order chi connectivity index (χ0) is 12.1. The van der Waals surface area contributed by atoms with Gasteiger partial charge in [0.05, 0.1) is 0 Å². The third-order valence-electron chi connectivity index (χ3n) is 2.73. The fourth-order valence-electron chi connectivity index (χ4n) is 1.74. The lowest BCUT2D eigenvalue weighted by Crippen LogP contribution is -2.18. The van der Waals surface area contributed by atoms with Crippen molar-refractivity contribution in [3.8, 4) is 0 Å². The van der Waals surface area contributed by atoms with Crippen LogP contribution in [0.15, 0.2) is 43.0 Å². The van der Waals surface area contributed by atoms with E-state index in [1.165, 1.54) is 16.7 Å². The van der Waals surface area contributed by atoms with E-state index in [9.17, 15) is 0 Å². The van der Waals surface area contributed by atoms with Crippen LogP contribution in [-0.4, -0.2) is 9.97 Å².